The number of nitrogens with zero attached hydrogens (tertiary/aromatic N) is 1. The van der Waals surface area contributed by atoms with Gasteiger partial charge in [0.1, 0.15) is 11.4 Å². The summed E-state index contributed by atoms with van der Waals surface area (Å²) in [5.41, 5.74) is 3.13. The van der Waals surface area contributed by atoms with Crippen LogP contribution in [0.2, 0.25) is 0 Å². The highest BCUT2D eigenvalue weighted by atomic mass is 16.5. The number of piperidine rings is 1. The smallest absolute Gasteiger partial charge is 0.303 e. The number of rotatable bonds is 5. The number of likely N-dealkylation sites (tertiary alicyclic amines) is 1. The third-order valence-corrected chi connectivity index (χ3v) is 6.27. The van der Waals surface area contributed by atoms with Crippen LogP contribution in [-0.2, 0) is 26.3 Å². The average Bonchev–Trinajstić information content (AvgIpc) is 3.07. The molecule has 1 aromatic heterocycles. The molecule has 29 heavy (non-hydrogen) atoms. The summed E-state index contributed by atoms with van der Waals surface area (Å²) in [6.07, 6.45) is 2.64. The molecule has 7 nitrogen and oxygen atoms in total. The van der Waals surface area contributed by atoms with Crippen molar-refractivity contribution in [2.75, 3.05) is 26.8 Å². The SMILES string of the molecule is COc1ccc2[nH]c3c(c2c1)CCOC31CCN(C(=O)CC(C)CC(=O)O)CC1. The molecule has 1 aromatic carbocycles. The maximum Gasteiger partial charge on any atom is 0.303 e. The molecule has 7 heteroatoms. The number of carbonyl (C=O) groups is 2. The van der Waals surface area contributed by atoms with Crippen LogP contribution in [0.3, 0.4) is 0 Å². The summed E-state index contributed by atoms with van der Waals surface area (Å²) in [5, 5.41) is 10.1. The molecule has 1 fully saturated rings. The van der Waals surface area contributed by atoms with E-state index in [0.29, 0.717) is 19.7 Å². The van der Waals surface area contributed by atoms with Gasteiger partial charge >= 0.3 is 5.97 Å². The number of carbonyl (C=O) groups excluding carboxylic acids is 1. The first-order chi connectivity index (χ1) is 13.9. The zero-order chi connectivity index (χ0) is 20.6. The Morgan fingerprint density at radius 2 is 2.07 bits per heavy atom. The van der Waals surface area contributed by atoms with Crippen LogP contribution in [0.15, 0.2) is 18.2 Å². The highest BCUT2D eigenvalue weighted by Crippen LogP contribution is 2.44. The van der Waals surface area contributed by atoms with Crippen LogP contribution in [-0.4, -0.2) is 53.7 Å². The molecule has 4 rings (SSSR count). The van der Waals surface area contributed by atoms with Crippen molar-refractivity contribution in [2.24, 2.45) is 5.92 Å². The van der Waals surface area contributed by atoms with Crippen molar-refractivity contribution in [3.05, 3.63) is 29.5 Å². The second-order valence-electron chi connectivity index (χ2n) is 8.27. The molecule has 0 bridgehead atoms. The van der Waals surface area contributed by atoms with Gasteiger partial charge in [-0.05, 0) is 48.9 Å². The molecule has 1 spiro atoms. The van der Waals surface area contributed by atoms with Gasteiger partial charge in [-0.15, -0.1) is 0 Å². The summed E-state index contributed by atoms with van der Waals surface area (Å²) in [4.78, 5) is 28.9. The maximum atomic E-state index is 12.6. The largest absolute Gasteiger partial charge is 0.497 e. The Morgan fingerprint density at radius 3 is 2.76 bits per heavy atom. The third-order valence-electron chi connectivity index (χ3n) is 6.27. The number of aliphatic carboxylic acids is 1. The van der Waals surface area contributed by atoms with Crippen molar-refractivity contribution in [1.29, 1.82) is 0 Å². The molecule has 0 radical (unpaired) electrons. The summed E-state index contributed by atoms with van der Waals surface area (Å²) in [7, 11) is 1.68. The number of aromatic nitrogens is 1. The number of amides is 1. The molecular weight excluding hydrogens is 372 g/mol. The van der Waals surface area contributed by atoms with Gasteiger partial charge in [-0.2, -0.15) is 0 Å². The fourth-order valence-electron chi connectivity index (χ4n) is 4.73. The standard InChI is InChI=1S/C22H28N2O5/c1-14(12-20(26)27)11-19(25)24-8-6-22(7-9-24)21-16(5-10-29-22)17-13-15(28-2)3-4-18(17)23-21/h3-4,13-14,23H,5-12H2,1-2H3,(H,26,27). The van der Waals surface area contributed by atoms with E-state index in [2.05, 4.69) is 11.1 Å². The number of methoxy groups -OCH3 is 1. The Hall–Kier alpha value is -2.54. The van der Waals surface area contributed by atoms with Crippen molar-refractivity contribution in [2.45, 2.75) is 44.6 Å². The van der Waals surface area contributed by atoms with E-state index in [4.69, 9.17) is 14.6 Å². The van der Waals surface area contributed by atoms with Gasteiger partial charge in [-0.3, -0.25) is 9.59 Å². The van der Waals surface area contributed by atoms with Gasteiger partial charge in [0.05, 0.1) is 19.4 Å². The Kier molecular flexibility index (Phi) is 5.25. The van der Waals surface area contributed by atoms with E-state index in [1.807, 2.05) is 24.0 Å². The molecule has 1 unspecified atom stereocenters. The van der Waals surface area contributed by atoms with Gasteiger partial charge in [-0.1, -0.05) is 6.92 Å². The Bertz CT molecular complexity index is 927. The van der Waals surface area contributed by atoms with Crippen LogP contribution >= 0.6 is 0 Å². The Balaban J connectivity index is 1.51. The van der Waals surface area contributed by atoms with Crippen LogP contribution in [0, 0.1) is 5.92 Å². The molecule has 0 aliphatic carbocycles. The Morgan fingerprint density at radius 1 is 1.31 bits per heavy atom. The van der Waals surface area contributed by atoms with Gasteiger partial charge in [0.2, 0.25) is 5.91 Å². The molecule has 1 saturated heterocycles. The molecule has 156 valence electrons. The van der Waals surface area contributed by atoms with E-state index in [1.165, 1.54) is 10.9 Å². The molecule has 2 aliphatic heterocycles. The molecule has 1 atom stereocenters. The average molecular weight is 400 g/mol. The van der Waals surface area contributed by atoms with E-state index in [1.54, 1.807) is 7.11 Å². The minimum Gasteiger partial charge on any atom is -0.497 e. The number of carboxylic acid groups (broad SMARTS) is 1. The summed E-state index contributed by atoms with van der Waals surface area (Å²) in [6.45, 7) is 3.72. The van der Waals surface area contributed by atoms with Gasteiger partial charge in [0.25, 0.3) is 0 Å². The van der Waals surface area contributed by atoms with Crippen LogP contribution in [0.1, 0.15) is 43.9 Å². The number of hydrogen-bond acceptors (Lipinski definition) is 4. The van der Waals surface area contributed by atoms with E-state index >= 15 is 0 Å². The molecule has 0 saturated carbocycles. The lowest BCUT2D eigenvalue weighted by Gasteiger charge is -2.44. The summed E-state index contributed by atoms with van der Waals surface area (Å²) >= 11 is 0. The third kappa shape index (κ3) is 3.71. The maximum absolute atomic E-state index is 12.6. The number of H-pyrrole nitrogens is 1. The molecule has 2 N–H and O–H groups in total. The normalized spacial score (nSPS) is 19.2. The van der Waals surface area contributed by atoms with Crippen molar-refractivity contribution in [3.8, 4) is 5.75 Å². The predicted molar refractivity (Wildman–Crippen MR) is 108 cm³/mol. The number of hydrogen-bond donors (Lipinski definition) is 2. The lowest BCUT2D eigenvalue weighted by Crippen LogP contribution is -2.48. The van der Waals surface area contributed by atoms with Gasteiger partial charge in [0, 0.05) is 36.8 Å². The highest BCUT2D eigenvalue weighted by molar-refractivity contribution is 5.86. The number of fused-ring (bicyclic) bond motifs is 4. The van der Waals surface area contributed by atoms with Gasteiger partial charge in [0.15, 0.2) is 0 Å². The predicted octanol–water partition coefficient (Wildman–Crippen LogP) is 3.07. The molecule has 3 heterocycles. The van der Waals surface area contributed by atoms with Crippen molar-refractivity contribution in [3.63, 3.8) is 0 Å². The molecule has 2 aromatic rings. The minimum atomic E-state index is -0.860. The number of aromatic amines is 1. The summed E-state index contributed by atoms with van der Waals surface area (Å²) < 4.78 is 11.7. The van der Waals surface area contributed by atoms with E-state index < -0.39 is 5.97 Å². The number of nitrogens with one attached hydrogen (secondary N) is 1. The zero-order valence-electron chi connectivity index (χ0n) is 17.0. The van der Waals surface area contributed by atoms with E-state index in [0.717, 1.165) is 36.2 Å². The van der Waals surface area contributed by atoms with Gasteiger partial charge in [-0.25, -0.2) is 0 Å². The minimum absolute atomic E-state index is 0.0223. The lowest BCUT2D eigenvalue weighted by molar-refractivity contribution is -0.142. The second-order valence-corrected chi connectivity index (χ2v) is 8.27. The van der Waals surface area contributed by atoms with Crippen molar-refractivity contribution < 1.29 is 24.2 Å². The van der Waals surface area contributed by atoms with Crippen LogP contribution in [0.5, 0.6) is 5.75 Å². The summed E-state index contributed by atoms with van der Waals surface area (Å²) in [6, 6.07) is 6.08. The quantitative estimate of drug-likeness (QED) is 0.805. The monoisotopic (exact) mass is 400 g/mol. The summed E-state index contributed by atoms with van der Waals surface area (Å²) in [5.74, 6) is -0.139. The second kappa shape index (κ2) is 7.71. The van der Waals surface area contributed by atoms with Gasteiger partial charge < -0.3 is 24.5 Å². The fraction of sp³-hybridized carbons (Fsp3) is 0.545. The van der Waals surface area contributed by atoms with Crippen molar-refractivity contribution >= 4 is 22.8 Å². The first kappa shape index (κ1) is 19.8. The van der Waals surface area contributed by atoms with Crippen molar-refractivity contribution in [1.82, 2.24) is 9.88 Å². The van der Waals surface area contributed by atoms with E-state index in [-0.39, 0.29) is 30.3 Å². The van der Waals surface area contributed by atoms with Crippen LogP contribution < -0.4 is 4.74 Å². The zero-order valence-corrected chi connectivity index (χ0v) is 17.0. The lowest BCUT2D eigenvalue weighted by atomic mass is 9.83. The molecule has 1 amide bonds. The number of benzene rings is 1. The first-order valence-electron chi connectivity index (χ1n) is 10.2. The van der Waals surface area contributed by atoms with Crippen LogP contribution in [0.4, 0.5) is 0 Å². The first-order valence-corrected chi connectivity index (χ1v) is 10.2. The van der Waals surface area contributed by atoms with E-state index in [9.17, 15) is 9.59 Å². The highest BCUT2D eigenvalue weighted by Gasteiger charge is 2.43. The topological polar surface area (TPSA) is 91.9 Å². The fourth-order valence-corrected chi connectivity index (χ4v) is 4.73. The van der Waals surface area contributed by atoms with Crippen LogP contribution in [0.25, 0.3) is 10.9 Å². The number of carboxylic acids is 1. The number of ether oxygens (including phenoxy) is 2. The molecular formula is C22H28N2O5. The molecule has 2 aliphatic rings. The Labute approximate surface area is 170 Å².